The van der Waals surface area contributed by atoms with Crippen LogP contribution in [0, 0.1) is 11.6 Å². The number of nitrogens with zero attached hydrogens (tertiary/aromatic N) is 3. The number of hydrogen-bond donors (Lipinski definition) is 2. The predicted molar refractivity (Wildman–Crippen MR) is 141 cm³/mol. The second kappa shape index (κ2) is 10.8. The molecule has 2 N–H and O–H groups in total. The van der Waals surface area contributed by atoms with Crippen LogP contribution in [0.15, 0.2) is 77.6 Å². The van der Waals surface area contributed by atoms with E-state index in [9.17, 15) is 23.5 Å². The minimum atomic E-state index is -1.05. The van der Waals surface area contributed by atoms with E-state index in [0.717, 1.165) is 16.6 Å². The molecule has 1 aliphatic rings. The third kappa shape index (κ3) is 5.06. The number of fused-ring (bicyclic) bond motifs is 1. The average Bonchev–Trinajstić information content (AvgIpc) is 3.25. The monoisotopic (exact) mass is 520 g/mol. The fourth-order valence-corrected chi connectivity index (χ4v) is 5.64. The first-order valence-corrected chi connectivity index (χ1v) is 12.7. The van der Waals surface area contributed by atoms with Gasteiger partial charge in [-0.3, -0.25) is 9.47 Å². The first-order valence-electron chi connectivity index (χ1n) is 12.7. The highest BCUT2D eigenvalue weighted by Crippen LogP contribution is 2.33. The van der Waals surface area contributed by atoms with E-state index < -0.39 is 29.8 Å². The van der Waals surface area contributed by atoms with E-state index in [4.69, 9.17) is 0 Å². The van der Waals surface area contributed by atoms with Crippen LogP contribution >= 0.6 is 0 Å². The third-order valence-corrected chi connectivity index (χ3v) is 7.64. The largest absolute Gasteiger partial charge is 0.465 e. The maximum Gasteiger partial charge on any atom is 0.407 e. The van der Waals surface area contributed by atoms with E-state index in [1.165, 1.54) is 23.1 Å². The van der Waals surface area contributed by atoms with Crippen molar-refractivity contribution in [2.24, 2.45) is 0 Å². The molecule has 0 radical (unpaired) electrons. The van der Waals surface area contributed by atoms with Gasteiger partial charge in [-0.1, -0.05) is 48.5 Å². The third-order valence-electron chi connectivity index (χ3n) is 7.64. The first-order chi connectivity index (χ1) is 18.3. The van der Waals surface area contributed by atoms with Crippen LogP contribution in [0.4, 0.5) is 13.6 Å². The van der Waals surface area contributed by atoms with Crippen molar-refractivity contribution in [2.45, 2.75) is 51.0 Å². The summed E-state index contributed by atoms with van der Waals surface area (Å²) in [5, 5.41) is 10.1. The number of halogens is 2. The number of piperidine rings is 1. The number of hydrogen-bond acceptors (Lipinski definition) is 3. The summed E-state index contributed by atoms with van der Waals surface area (Å²) in [4.78, 5) is 31.4. The van der Waals surface area contributed by atoms with Crippen LogP contribution in [0.3, 0.4) is 0 Å². The van der Waals surface area contributed by atoms with Crippen LogP contribution in [0.2, 0.25) is 0 Å². The van der Waals surface area contributed by atoms with Gasteiger partial charge in [-0.15, -0.1) is 0 Å². The normalized spacial score (nSPS) is 18.7. The zero-order valence-electron chi connectivity index (χ0n) is 21.1. The minimum Gasteiger partial charge on any atom is -0.465 e. The van der Waals surface area contributed by atoms with Gasteiger partial charge >= 0.3 is 11.8 Å². The highest BCUT2D eigenvalue weighted by atomic mass is 19.1. The molecule has 3 unspecified atom stereocenters. The van der Waals surface area contributed by atoms with E-state index in [1.807, 2.05) is 66.4 Å². The van der Waals surface area contributed by atoms with Gasteiger partial charge in [0.2, 0.25) is 0 Å². The summed E-state index contributed by atoms with van der Waals surface area (Å²) in [6.45, 7) is 2.48. The Hall–Kier alpha value is -3.98. The van der Waals surface area contributed by atoms with Crippen molar-refractivity contribution >= 4 is 17.1 Å². The number of carboxylic acid groups (broad SMARTS) is 1. The van der Waals surface area contributed by atoms with Crippen LogP contribution in [0.5, 0.6) is 0 Å². The summed E-state index contributed by atoms with van der Waals surface area (Å²) in [7, 11) is 0. The lowest BCUT2D eigenvalue weighted by atomic mass is 9.91. The molecule has 0 bridgehead atoms. The van der Waals surface area contributed by atoms with Crippen molar-refractivity contribution in [3.05, 3.63) is 106 Å². The number of likely N-dealkylation sites (tertiary alicyclic amines) is 1. The molecular weight excluding hydrogens is 490 g/mol. The second-order valence-corrected chi connectivity index (χ2v) is 9.87. The molecule has 1 aliphatic heterocycles. The Kier molecular flexibility index (Phi) is 7.28. The van der Waals surface area contributed by atoms with Gasteiger partial charge in [0, 0.05) is 37.3 Å². The van der Waals surface area contributed by atoms with Crippen molar-refractivity contribution in [1.82, 2.24) is 19.4 Å². The molecule has 0 aliphatic carbocycles. The Labute approximate surface area is 218 Å². The van der Waals surface area contributed by atoms with E-state index in [1.54, 1.807) is 4.57 Å². The Morgan fingerprint density at radius 3 is 2.42 bits per heavy atom. The summed E-state index contributed by atoms with van der Waals surface area (Å²) < 4.78 is 31.1. The van der Waals surface area contributed by atoms with Gasteiger partial charge in [0.25, 0.3) is 0 Å². The van der Waals surface area contributed by atoms with Crippen LogP contribution in [0.1, 0.15) is 36.9 Å². The van der Waals surface area contributed by atoms with Gasteiger partial charge in [0.05, 0.1) is 17.1 Å². The van der Waals surface area contributed by atoms with Gasteiger partial charge < -0.3 is 15.0 Å². The quantitative estimate of drug-likeness (QED) is 0.343. The number of H-pyrrole nitrogens is 1. The maximum absolute atomic E-state index is 14.7. The SMILES string of the molecule is CC(C1CC(n2c(=O)[nH]c3ccccc32)CCN1C(=O)O)N(Cc1ccccc1)Cc1c(F)cccc1F. The number of imidazole rings is 1. The van der Waals surface area contributed by atoms with Crippen molar-refractivity contribution in [2.75, 3.05) is 6.54 Å². The van der Waals surface area contributed by atoms with Crippen LogP contribution < -0.4 is 5.69 Å². The number of para-hydroxylation sites is 2. The Morgan fingerprint density at radius 1 is 1.03 bits per heavy atom. The predicted octanol–water partition coefficient (Wildman–Crippen LogP) is 5.38. The number of nitrogens with one attached hydrogen (secondary N) is 1. The molecule has 3 atom stereocenters. The minimum absolute atomic E-state index is 0.0315. The Bertz CT molecular complexity index is 1470. The number of aromatic nitrogens is 2. The fourth-order valence-electron chi connectivity index (χ4n) is 5.64. The molecule has 1 amide bonds. The molecular formula is C29H30F2N4O3. The number of rotatable bonds is 7. The second-order valence-electron chi connectivity index (χ2n) is 9.87. The summed E-state index contributed by atoms with van der Waals surface area (Å²) in [6, 6.07) is 19.6. The molecule has 1 fully saturated rings. The number of amides is 1. The Morgan fingerprint density at radius 2 is 1.71 bits per heavy atom. The van der Waals surface area contributed by atoms with Gasteiger partial charge in [0.1, 0.15) is 11.6 Å². The lowest BCUT2D eigenvalue weighted by molar-refractivity contribution is 0.0366. The van der Waals surface area contributed by atoms with Crippen LogP contribution in [-0.4, -0.2) is 49.2 Å². The highest BCUT2D eigenvalue weighted by Gasteiger charge is 2.39. The molecule has 198 valence electrons. The fraction of sp³-hybridized carbons (Fsp3) is 0.310. The van der Waals surface area contributed by atoms with E-state index in [0.29, 0.717) is 19.4 Å². The number of benzene rings is 3. The molecule has 5 rings (SSSR count). The molecule has 9 heteroatoms. The smallest absolute Gasteiger partial charge is 0.407 e. The molecule has 38 heavy (non-hydrogen) atoms. The molecule has 1 saturated heterocycles. The maximum atomic E-state index is 14.7. The molecule has 4 aromatic rings. The number of carbonyl (C=O) groups is 1. The zero-order chi connectivity index (χ0) is 26.8. The molecule has 3 aromatic carbocycles. The van der Waals surface area contributed by atoms with Crippen molar-refractivity contribution in [3.8, 4) is 0 Å². The number of aromatic amines is 1. The summed E-state index contributed by atoms with van der Waals surface area (Å²) in [5.41, 5.74) is 2.15. The van der Waals surface area contributed by atoms with E-state index in [2.05, 4.69) is 4.98 Å². The highest BCUT2D eigenvalue weighted by molar-refractivity contribution is 5.75. The van der Waals surface area contributed by atoms with Crippen molar-refractivity contribution < 1.29 is 18.7 Å². The van der Waals surface area contributed by atoms with Gasteiger partial charge in [-0.2, -0.15) is 0 Å². The van der Waals surface area contributed by atoms with E-state index >= 15 is 0 Å². The summed E-state index contributed by atoms with van der Waals surface area (Å²) >= 11 is 0. The average molecular weight is 521 g/mol. The van der Waals surface area contributed by atoms with Gasteiger partial charge in [-0.05, 0) is 49.6 Å². The van der Waals surface area contributed by atoms with Gasteiger partial charge in [-0.25, -0.2) is 18.4 Å². The molecule has 2 heterocycles. The van der Waals surface area contributed by atoms with Crippen molar-refractivity contribution in [1.29, 1.82) is 0 Å². The lowest BCUT2D eigenvalue weighted by Gasteiger charge is -2.44. The summed E-state index contributed by atoms with van der Waals surface area (Å²) in [6.07, 6.45) is -0.179. The molecule has 0 saturated carbocycles. The summed E-state index contributed by atoms with van der Waals surface area (Å²) in [5.74, 6) is -1.28. The molecule has 1 aromatic heterocycles. The van der Waals surface area contributed by atoms with Crippen molar-refractivity contribution in [3.63, 3.8) is 0 Å². The van der Waals surface area contributed by atoms with E-state index in [-0.39, 0.29) is 30.4 Å². The topological polar surface area (TPSA) is 81.6 Å². The first kappa shape index (κ1) is 25.7. The molecule has 7 nitrogen and oxygen atoms in total. The van der Waals surface area contributed by atoms with Crippen LogP contribution in [0.25, 0.3) is 11.0 Å². The van der Waals surface area contributed by atoms with Crippen LogP contribution in [-0.2, 0) is 13.1 Å². The lowest BCUT2D eigenvalue weighted by Crippen LogP contribution is -2.55. The molecule has 0 spiro atoms. The standard InChI is InChI=1S/C29H30F2N4O3/c1-19(33(17-20-8-3-2-4-9-20)18-22-23(30)10-7-11-24(22)31)27-16-21(14-15-34(27)29(37)38)35-26-13-6-5-12-25(26)32-28(35)36/h2-13,19,21,27H,14-18H2,1H3,(H,32,36)(H,37,38). The van der Waals surface area contributed by atoms with Gasteiger partial charge in [0.15, 0.2) is 0 Å². The Balaban J connectivity index is 1.50. The zero-order valence-corrected chi connectivity index (χ0v) is 21.1.